The van der Waals surface area contributed by atoms with Gasteiger partial charge in [0.25, 0.3) is 0 Å². The molecule has 1 rings (SSSR count). The lowest BCUT2D eigenvalue weighted by atomic mass is 9.87. The third kappa shape index (κ3) is 7.01. The van der Waals surface area contributed by atoms with Crippen LogP contribution in [0.3, 0.4) is 0 Å². The first-order valence-corrected chi connectivity index (χ1v) is 9.89. The number of hydrogen-bond acceptors (Lipinski definition) is 4. The topological polar surface area (TPSA) is 72.5 Å². The molecule has 0 unspecified atom stereocenters. The number of nitrogens with one attached hydrogen (secondary N) is 1. The SMILES string of the molecule is CC(C)OCCNC(=O)CCS(=O)(=O)c1ccc(C(C)(C)C)cc1. The van der Waals surface area contributed by atoms with E-state index in [1.807, 2.05) is 26.0 Å². The molecule has 0 saturated heterocycles. The number of sulfone groups is 1. The second-order valence-corrected chi connectivity index (χ2v) is 9.22. The second kappa shape index (κ2) is 8.62. The zero-order chi connectivity index (χ0) is 18.4. The predicted octanol–water partition coefficient (Wildman–Crippen LogP) is 2.69. The highest BCUT2D eigenvalue weighted by molar-refractivity contribution is 7.91. The Bertz CT molecular complexity index is 628. The molecule has 1 aromatic carbocycles. The van der Waals surface area contributed by atoms with Crippen molar-refractivity contribution in [3.63, 3.8) is 0 Å². The van der Waals surface area contributed by atoms with E-state index in [9.17, 15) is 13.2 Å². The molecule has 6 heteroatoms. The number of benzene rings is 1. The number of carbonyl (C=O) groups excluding carboxylic acids is 1. The predicted molar refractivity (Wildman–Crippen MR) is 95.9 cm³/mol. The molecule has 0 aliphatic carbocycles. The molecule has 1 aromatic rings. The molecule has 0 aliphatic rings. The molecule has 0 aliphatic heterocycles. The van der Waals surface area contributed by atoms with Crippen LogP contribution in [-0.2, 0) is 24.8 Å². The molecule has 0 aromatic heterocycles. The lowest BCUT2D eigenvalue weighted by Crippen LogP contribution is -2.29. The van der Waals surface area contributed by atoms with Gasteiger partial charge in [-0.15, -0.1) is 0 Å². The average molecular weight is 356 g/mol. The summed E-state index contributed by atoms with van der Waals surface area (Å²) in [4.78, 5) is 12.0. The van der Waals surface area contributed by atoms with Crippen molar-refractivity contribution in [3.8, 4) is 0 Å². The van der Waals surface area contributed by atoms with Gasteiger partial charge in [-0.1, -0.05) is 32.9 Å². The van der Waals surface area contributed by atoms with Crippen LogP contribution in [0.15, 0.2) is 29.2 Å². The second-order valence-electron chi connectivity index (χ2n) is 7.11. The quantitative estimate of drug-likeness (QED) is 0.728. The molecule has 0 heterocycles. The molecular formula is C18H29NO4S. The molecule has 0 atom stereocenters. The summed E-state index contributed by atoms with van der Waals surface area (Å²) < 4.78 is 29.9. The maximum Gasteiger partial charge on any atom is 0.221 e. The third-order valence-corrected chi connectivity index (χ3v) is 5.28. The van der Waals surface area contributed by atoms with Crippen LogP contribution in [0.25, 0.3) is 0 Å². The number of ether oxygens (including phenoxy) is 1. The van der Waals surface area contributed by atoms with Crippen molar-refractivity contribution in [2.75, 3.05) is 18.9 Å². The van der Waals surface area contributed by atoms with Crippen LogP contribution < -0.4 is 5.32 Å². The van der Waals surface area contributed by atoms with Crippen LogP contribution in [0.1, 0.15) is 46.6 Å². The minimum Gasteiger partial charge on any atom is -0.377 e. The number of amides is 1. The van der Waals surface area contributed by atoms with Crippen LogP contribution in [-0.4, -0.2) is 39.3 Å². The standard InChI is InChI=1S/C18H29NO4S/c1-14(2)23-12-11-19-17(20)10-13-24(21,22)16-8-6-15(7-9-16)18(3,4)5/h6-9,14H,10-13H2,1-5H3,(H,19,20). The molecule has 1 N–H and O–H groups in total. The first-order valence-electron chi connectivity index (χ1n) is 8.24. The van der Waals surface area contributed by atoms with Gasteiger partial charge in [0.05, 0.1) is 23.4 Å². The third-order valence-electron chi connectivity index (χ3n) is 3.55. The zero-order valence-corrected chi connectivity index (χ0v) is 16.1. The average Bonchev–Trinajstić information content (AvgIpc) is 2.49. The van der Waals surface area contributed by atoms with Crippen LogP contribution in [0.5, 0.6) is 0 Å². The van der Waals surface area contributed by atoms with E-state index in [0.29, 0.717) is 13.2 Å². The highest BCUT2D eigenvalue weighted by Crippen LogP contribution is 2.23. The summed E-state index contributed by atoms with van der Waals surface area (Å²) in [5.74, 6) is -0.476. The van der Waals surface area contributed by atoms with Crippen molar-refractivity contribution in [3.05, 3.63) is 29.8 Å². The summed E-state index contributed by atoms with van der Waals surface area (Å²) >= 11 is 0. The van der Waals surface area contributed by atoms with E-state index in [4.69, 9.17) is 4.74 Å². The van der Waals surface area contributed by atoms with E-state index >= 15 is 0 Å². The van der Waals surface area contributed by atoms with E-state index in [1.165, 1.54) is 0 Å². The lowest BCUT2D eigenvalue weighted by Gasteiger charge is -2.19. The van der Waals surface area contributed by atoms with Crippen molar-refractivity contribution in [2.24, 2.45) is 0 Å². The first-order chi connectivity index (χ1) is 11.0. The fourth-order valence-electron chi connectivity index (χ4n) is 2.08. The summed E-state index contributed by atoms with van der Waals surface area (Å²) in [7, 11) is -3.45. The van der Waals surface area contributed by atoms with E-state index in [-0.39, 0.29) is 34.5 Å². The highest BCUT2D eigenvalue weighted by Gasteiger charge is 2.18. The number of carbonyl (C=O) groups is 1. The van der Waals surface area contributed by atoms with Gasteiger partial charge < -0.3 is 10.1 Å². The fraction of sp³-hybridized carbons (Fsp3) is 0.611. The summed E-state index contributed by atoms with van der Waals surface area (Å²) in [6.07, 6.45) is 0.0590. The zero-order valence-electron chi connectivity index (χ0n) is 15.3. The molecule has 24 heavy (non-hydrogen) atoms. The maximum absolute atomic E-state index is 12.3. The normalized spacial score (nSPS) is 12.4. The highest BCUT2D eigenvalue weighted by atomic mass is 32.2. The maximum atomic E-state index is 12.3. The van der Waals surface area contributed by atoms with Gasteiger partial charge in [0.15, 0.2) is 9.84 Å². The van der Waals surface area contributed by atoms with E-state index in [1.54, 1.807) is 12.1 Å². The summed E-state index contributed by atoms with van der Waals surface area (Å²) in [5, 5.41) is 2.66. The first kappa shape index (κ1) is 20.6. The molecule has 136 valence electrons. The van der Waals surface area contributed by atoms with Gasteiger partial charge in [0.2, 0.25) is 5.91 Å². The largest absolute Gasteiger partial charge is 0.377 e. The lowest BCUT2D eigenvalue weighted by molar-refractivity contribution is -0.121. The Kier molecular flexibility index (Phi) is 7.42. The Balaban J connectivity index is 2.53. The fourth-order valence-corrected chi connectivity index (χ4v) is 3.32. The van der Waals surface area contributed by atoms with Gasteiger partial charge >= 0.3 is 0 Å². The molecule has 0 saturated carbocycles. The van der Waals surface area contributed by atoms with Crippen molar-refractivity contribution >= 4 is 15.7 Å². The van der Waals surface area contributed by atoms with Crippen molar-refractivity contribution in [2.45, 2.75) is 57.5 Å². The number of hydrogen-bond donors (Lipinski definition) is 1. The molecule has 0 fully saturated rings. The number of rotatable bonds is 8. The Hall–Kier alpha value is -1.40. The molecule has 1 amide bonds. The summed E-state index contributed by atoms with van der Waals surface area (Å²) in [6, 6.07) is 6.89. The van der Waals surface area contributed by atoms with Gasteiger partial charge in [0.1, 0.15) is 0 Å². The van der Waals surface area contributed by atoms with Crippen molar-refractivity contribution < 1.29 is 17.9 Å². The minimum atomic E-state index is -3.45. The summed E-state index contributed by atoms with van der Waals surface area (Å²) in [6.45, 7) is 10.9. The van der Waals surface area contributed by atoms with Crippen molar-refractivity contribution in [1.82, 2.24) is 5.32 Å². The van der Waals surface area contributed by atoms with Crippen LogP contribution in [0.4, 0.5) is 0 Å². The van der Waals surface area contributed by atoms with E-state index in [2.05, 4.69) is 26.1 Å². The molecule has 5 nitrogen and oxygen atoms in total. The van der Waals surface area contributed by atoms with E-state index < -0.39 is 9.84 Å². The van der Waals surface area contributed by atoms with Gasteiger partial charge in [-0.25, -0.2) is 8.42 Å². The van der Waals surface area contributed by atoms with Gasteiger partial charge in [-0.2, -0.15) is 0 Å². The van der Waals surface area contributed by atoms with Gasteiger partial charge in [-0.05, 0) is 37.0 Å². The van der Waals surface area contributed by atoms with Crippen molar-refractivity contribution in [1.29, 1.82) is 0 Å². The van der Waals surface area contributed by atoms with Gasteiger partial charge in [0, 0.05) is 13.0 Å². The Morgan fingerprint density at radius 1 is 1.17 bits per heavy atom. The molecule has 0 bridgehead atoms. The smallest absolute Gasteiger partial charge is 0.221 e. The Labute approximate surface area is 145 Å². The Morgan fingerprint density at radius 3 is 2.25 bits per heavy atom. The van der Waals surface area contributed by atoms with Gasteiger partial charge in [-0.3, -0.25) is 4.79 Å². The molecular weight excluding hydrogens is 326 g/mol. The minimum absolute atomic E-state index is 0.0275. The Morgan fingerprint density at radius 2 is 1.75 bits per heavy atom. The monoisotopic (exact) mass is 355 g/mol. The summed E-state index contributed by atoms with van der Waals surface area (Å²) in [5.41, 5.74) is 1.05. The van der Waals surface area contributed by atoms with Crippen LogP contribution >= 0.6 is 0 Å². The van der Waals surface area contributed by atoms with Crippen LogP contribution in [0, 0.1) is 0 Å². The molecule has 0 spiro atoms. The van der Waals surface area contributed by atoms with E-state index in [0.717, 1.165) is 5.56 Å². The van der Waals surface area contributed by atoms with Crippen LogP contribution in [0.2, 0.25) is 0 Å². The molecule has 0 radical (unpaired) electrons.